The Morgan fingerprint density at radius 2 is 1.58 bits per heavy atom. The SMILES string of the molecule is CN=C1N(c2ccccc2OC)CCN1c1c(C)cc(C)cc1C. The highest BCUT2D eigenvalue weighted by Crippen LogP contribution is 2.34. The van der Waals surface area contributed by atoms with Crippen LogP contribution in [0.25, 0.3) is 0 Å². The van der Waals surface area contributed by atoms with Crippen LogP contribution in [-0.2, 0) is 0 Å². The van der Waals surface area contributed by atoms with Gasteiger partial charge in [0.25, 0.3) is 0 Å². The summed E-state index contributed by atoms with van der Waals surface area (Å²) in [6.07, 6.45) is 0. The second-order valence-electron chi connectivity index (χ2n) is 6.25. The fraction of sp³-hybridized carbons (Fsp3) is 0.350. The minimum Gasteiger partial charge on any atom is -0.495 e. The number of hydrogen-bond acceptors (Lipinski definition) is 2. The first-order valence-corrected chi connectivity index (χ1v) is 8.29. The number of rotatable bonds is 3. The van der Waals surface area contributed by atoms with Gasteiger partial charge in [-0.25, -0.2) is 0 Å². The second-order valence-corrected chi connectivity index (χ2v) is 6.25. The molecule has 0 radical (unpaired) electrons. The van der Waals surface area contributed by atoms with E-state index in [1.807, 2.05) is 25.2 Å². The first kappa shape index (κ1) is 16.4. The fourth-order valence-electron chi connectivity index (χ4n) is 3.68. The summed E-state index contributed by atoms with van der Waals surface area (Å²) in [5.74, 6) is 1.84. The molecular formula is C20H25N3O. The molecule has 0 spiro atoms. The number of anilines is 2. The number of hydrogen-bond donors (Lipinski definition) is 0. The van der Waals surface area contributed by atoms with Crippen molar-refractivity contribution in [1.29, 1.82) is 0 Å². The Hall–Kier alpha value is -2.49. The molecule has 1 fully saturated rings. The van der Waals surface area contributed by atoms with Gasteiger partial charge in [0.05, 0.1) is 12.8 Å². The molecule has 1 aliphatic heterocycles. The third-order valence-electron chi connectivity index (χ3n) is 4.51. The zero-order chi connectivity index (χ0) is 17.3. The Kier molecular flexibility index (Phi) is 4.47. The number of guanidine groups is 1. The van der Waals surface area contributed by atoms with E-state index in [1.54, 1.807) is 7.11 Å². The maximum Gasteiger partial charge on any atom is 0.205 e. The zero-order valence-corrected chi connectivity index (χ0v) is 15.1. The molecule has 3 rings (SSSR count). The van der Waals surface area contributed by atoms with Crippen LogP contribution in [0.3, 0.4) is 0 Å². The molecule has 0 amide bonds. The van der Waals surface area contributed by atoms with E-state index in [-0.39, 0.29) is 0 Å². The third-order valence-corrected chi connectivity index (χ3v) is 4.51. The average molecular weight is 323 g/mol. The maximum absolute atomic E-state index is 5.54. The molecular weight excluding hydrogens is 298 g/mol. The van der Waals surface area contributed by atoms with Crippen molar-refractivity contribution in [2.45, 2.75) is 20.8 Å². The van der Waals surface area contributed by atoms with Crippen LogP contribution in [0.1, 0.15) is 16.7 Å². The van der Waals surface area contributed by atoms with Crippen molar-refractivity contribution in [1.82, 2.24) is 0 Å². The van der Waals surface area contributed by atoms with Gasteiger partial charge < -0.3 is 14.5 Å². The largest absolute Gasteiger partial charge is 0.495 e. The van der Waals surface area contributed by atoms with Gasteiger partial charge >= 0.3 is 0 Å². The summed E-state index contributed by atoms with van der Waals surface area (Å²) in [4.78, 5) is 9.15. The molecule has 1 aliphatic rings. The summed E-state index contributed by atoms with van der Waals surface area (Å²) in [7, 11) is 3.57. The summed E-state index contributed by atoms with van der Waals surface area (Å²) < 4.78 is 5.54. The molecule has 0 unspecified atom stereocenters. The minimum absolute atomic E-state index is 0.873. The molecule has 2 aromatic rings. The summed E-state index contributed by atoms with van der Waals surface area (Å²) in [6, 6.07) is 12.6. The van der Waals surface area contributed by atoms with Crippen LogP contribution in [-0.4, -0.2) is 33.2 Å². The molecule has 0 N–H and O–H groups in total. The Morgan fingerprint density at radius 1 is 0.958 bits per heavy atom. The van der Waals surface area contributed by atoms with Crippen molar-refractivity contribution in [3.8, 4) is 5.75 Å². The predicted octanol–water partition coefficient (Wildman–Crippen LogP) is 3.93. The molecule has 4 nitrogen and oxygen atoms in total. The van der Waals surface area contributed by atoms with Crippen LogP contribution in [0.5, 0.6) is 5.75 Å². The molecule has 24 heavy (non-hydrogen) atoms. The van der Waals surface area contributed by atoms with Crippen molar-refractivity contribution >= 4 is 17.3 Å². The fourth-order valence-corrected chi connectivity index (χ4v) is 3.68. The lowest BCUT2D eigenvalue weighted by molar-refractivity contribution is 0.415. The Bertz CT molecular complexity index is 759. The van der Waals surface area contributed by atoms with E-state index in [2.05, 4.69) is 53.8 Å². The lowest BCUT2D eigenvalue weighted by Crippen LogP contribution is -2.34. The molecule has 0 aliphatic carbocycles. The monoisotopic (exact) mass is 323 g/mol. The van der Waals surface area contributed by atoms with Gasteiger partial charge in [0.15, 0.2) is 0 Å². The molecule has 0 saturated carbocycles. The van der Waals surface area contributed by atoms with Gasteiger partial charge in [-0.2, -0.15) is 0 Å². The first-order chi connectivity index (χ1) is 11.6. The zero-order valence-electron chi connectivity index (χ0n) is 15.1. The van der Waals surface area contributed by atoms with E-state index in [1.165, 1.54) is 22.4 Å². The van der Waals surface area contributed by atoms with Gasteiger partial charge in [0.1, 0.15) is 5.75 Å². The van der Waals surface area contributed by atoms with E-state index >= 15 is 0 Å². The molecule has 2 aromatic carbocycles. The normalized spacial score (nSPS) is 16.1. The molecule has 0 bridgehead atoms. The number of aliphatic imine (C=N–C) groups is 1. The highest BCUT2D eigenvalue weighted by Gasteiger charge is 2.31. The van der Waals surface area contributed by atoms with Gasteiger partial charge in [0.2, 0.25) is 5.96 Å². The number of ether oxygens (including phenoxy) is 1. The lowest BCUT2D eigenvalue weighted by Gasteiger charge is -2.26. The summed E-state index contributed by atoms with van der Waals surface area (Å²) in [6.45, 7) is 8.29. The molecule has 126 valence electrons. The molecule has 0 aromatic heterocycles. The molecule has 1 heterocycles. The molecule has 4 heteroatoms. The first-order valence-electron chi connectivity index (χ1n) is 8.29. The van der Waals surface area contributed by atoms with Gasteiger partial charge in [0, 0.05) is 25.8 Å². The summed E-state index contributed by atoms with van der Waals surface area (Å²) in [5, 5.41) is 0. The maximum atomic E-state index is 5.54. The van der Waals surface area contributed by atoms with Crippen LogP contribution < -0.4 is 14.5 Å². The standard InChI is InChI=1S/C20H25N3O/c1-14-12-15(2)19(16(3)13-14)23-11-10-22(20(23)21-4)17-8-6-7-9-18(17)24-5/h6-9,12-13H,10-11H2,1-5H3. The van der Waals surface area contributed by atoms with E-state index in [0.29, 0.717) is 0 Å². The minimum atomic E-state index is 0.873. The smallest absolute Gasteiger partial charge is 0.205 e. The van der Waals surface area contributed by atoms with E-state index in [9.17, 15) is 0 Å². The van der Waals surface area contributed by atoms with Crippen LogP contribution in [0, 0.1) is 20.8 Å². The van der Waals surface area contributed by atoms with Crippen molar-refractivity contribution in [2.24, 2.45) is 4.99 Å². The van der Waals surface area contributed by atoms with E-state index < -0.39 is 0 Å². The van der Waals surface area contributed by atoms with Crippen LogP contribution in [0.2, 0.25) is 0 Å². The number of benzene rings is 2. The quantitative estimate of drug-likeness (QED) is 0.856. The number of nitrogens with zero attached hydrogens (tertiary/aromatic N) is 3. The lowest BCUT2D eigenvalue weighted by atomic mass is 10.0. The number of para-hydroxylation sites is 2. The average Bonchev–Trinajstić information content (AvgIpc) is 2.97. The second kappa shape index (κ2) is 6.56. The third kappa shape index (κ3) is 2.73. The number of aryl methyl sites for hydroxylation is 3. The predicted molar refractivity (Wildman–Crippen MR) is 102 cm³/mol. The Balaban J connectivity index is 2.03. The van der Waals surface area contributed by atoms with Crippen LogP contribution in [0.4, 0.5) is 11.4 Å². The van der Waals surface area contributed by atoms with Gasteiger partial charge in [-0.05, 0) is 44.0 Å². The Labute approximate surface area is 144 Å². The van der Waals surface area contributed by atoms with Crippen molar-refractivity contribution in [2.75, 3.05) is 37.0 Å². The van der Waals surface area contributed by atoms with Gasteiger partial charge in [-0.15, -0.1) is 0 Å². The van der Waals surface area contributed by atoms with Crippen LogP contribution in [0.15, 0.2) is 41.4 Å². The molecule has 0 atom stereocenters. The number of methoxy groups -OCH3 is 1. The Morgan fingerprint density at radius 3 is 2.21 bits per heavy atom. The summed E-state index contributed by atoms with van der Waals surface area (Å²) in [5.41, 5.74) is 6.19. The molecule has 1 saturated heterocycles. The topological polar surface area (TPSA) is 28.1 Å². The van der Waals surface area contributed by atoms with E-state index in [0.717, 1.165) is 30.5 Å². The summed E-state index contributed by atoms with van der Waals surface area (Å²) >= 11 is 0. The van der Waals surface area contributed by atoms with Crippen LogP contribution >= 0.6 is 0 Å². The highest BCUT2D eigenvalue weighted by atomic mass is 16.5. The van der Waals surface area contributed by atoms with E-state index in [4.69, 9.17) is 4.74 Å². The van der Waals surface area contributed by atoms with Crippen molar-refractivity contribution < 1.29 is 4.74 Å². The highest BCUT2D eigenvalue weighted by molar-refractivity contribution is 6.10. The van der Waals surface area contributed by atoms with Gasteiger partial charge in [-0.1, -0.05) is 29.8 Å². The van der Waals surface area contributed by atoms with Gasteiger partial charge in [-0.3, -0.25) is 4.99 Å². The van der Waals surface area contributed by atoms with Crippen molar-refractivity contribution in [3.63, 3.8) is 0 Å². The van der Waals surface area contributed by atoms with Crippen molar-refractivity contribution in [3.05, 3.63) is 53.1 Å².